The number of aryl methyl sites for hydroxylation is 1. The number of carbonyl (C=O) groups is 1. The van der Waals surface area contributed by atoms with Gasteiger partial charge >= 0.3 is 0 Å². The summed E-state index contributed by atoms with van der Waals surface area (Å²) in [5.41, 5.74) is 2.53. The van der Waals surface area contributed by atoms with Crippen molar-refractivity contribution in [1.29, 1.82) is 0 Å². The van der Waals surface area contributed by atoms with E-state index in [1.165, 1.54) is 12.1 Å². The number of halogens is 1. The normalized spacial score (nSPS) is 14.7. The lowest BCUT2D eigenvalue weighted by atomic mass is 10.0. The van der Waals surface area contributed by atoms with Gasteiger partial charge in [0.25, 0.3) is 5.91 Å². The Labute approximate surface area is 222 Å². The first-order chi connectivity index (χ1) is 18.1. The fourth-order valence-corrected chi connectivity index (χ4v) is 5.07. The lowest BCUT2D eigenvalue weighted by molar-refractivity contribution is 0.0913. The third-order valence-corrected chi connectivity index (χ3v) is 8.16. The molecule has 0 spiro atoms. The Morgan fingerprint density at radius 1 is 1.11 bits per heavy atom. The summed E-state index contributed by atoms with van der Waals surface area (Å²) in [4.78, 5) is 23.6. The van der Waals surface area contributed by atoms with Crippen molar-refractivity contribution in [2.75, 3.05) is 36.5 Å². The first-order valence-corrected chi connectivity index (χ1v) is 14.4. The third-order valence-electron chi connectivity index (χ3n) is 6.51. The Bertz CT molecular complexity index is 1410. The second-order valence-electron chi connectivity index (χ2n) is 9.60. The molecule has 1 amide bonds. The number of likely N-dealkylation sites (tertiary alicyclic amines) is 1. The molecule has 11 heteroatoms. The van der Waals surface area contributed by atoms with Crippen molar-refractivity contribution in [3.05, 3.63) is 71.2 Å². The van der Waals surface area contributed by atoms with Crippen LogP contribution in [-0.2, 0) is 15.6 Å². The quantitative estimate of drug-likeness (QED) is 0.370. The van der Waals surface area contributed by atoms with Crippen LogP contribution < -0.4 is 16.0 Å². The zero-order chi connectivity index (χ0) is 27.3. The molecule has 3 aromatic rings. The summed E-state index contributed by atoms with van der Waals surface area (Å²) < 4.78 is 38.8. The minimum absolute atomic E-state index is 0.00775. The summed E-state index contributed by atoms with van der Waals surface area (Å²) in [6.07, 6.45) is 3.31. The highest BCUT2D eigenvalue weighted by Crippen LogP contribution is 2.23. The van der Waals surface area contributed by atoms with E-state index in [1.54, 1.807) is 37.4 Å². The molecule has 1 saturated heterocycles. The Hall–Kier alpha value is -3.57. The van der Waals surface area contributed by atoms with Gasteiger partial charge in [-0.15, -0.1) is 0 Å². The van der Waals surface area contributed by atoms with Crippen LogP contribution in [0.15, 0.2) is 48.7 Å². The minimum Gasteiger partial charge on any atom is -0.349 e. The molecule has 2 aromatic carbocycles. The van der Waals surface area contributed by atoms with E-state index in [-0.39, 0.29) is 29.1 Å². The average molecular weight is 541 g/mol. The Morgan fingerprint density at radius 3 is 2.55 bits per heavy atom. The minimum atomic E-state index is -3.15. The molecule has 0 unspecified atom stereocenters. The van der Waals surface area contributed by atoms with Crippen LogP contribution in [0, 0.1) is 12.7 Å². The van der Waals surface area contributed by atoms with Crippen LogP contribution in [-0.4, -0.2) is 61.1 Å². The van der Waals surface area contributed by atoms with Gasteiger partial charge < -0.3 is 20.9 Å². The van der Waals surface area contributed by atoms with Gasteiger partial charge in [0.15, 0.2) is 9.84 Å². The van der Waals surface area contributed by atoms with E-state index in [9.17, 15) is 17.6 Å². The molecular weight excluding hydrogens is 507 g/mol. The predicted molar refractivity (Wildman–Crippen MR) is 147 cm³/mol. The smallest absolute Gasteiger partial charge is 0.254 e. The Morgan fingerprint density at radius 2 is 1.84 bits per heavy atom. The molecule has 1 aliphatic heterocycles. The van der Waals surface area contributed by atoms with Crippen molar-refractivity contribution in [1.82, 2.24) is 20.2 Å². The van der Waals surface area contributed by atoms with Gasteiger partial charge in [0.2, 0.25) is 5.95 Å². The van der Waals surface area contributed by atoms with Crippen LogP contribution in [0.3, 0.4) is 0 Å². The maximum Gasteiger partial charge on any atom is 0.254 e. The molecule has 9 nitrogen and oxygen atoms in total. The monoisotopic (exact) mass is 540 g/mol. The van der Waals surface area contributed by atoms with Gasteiger partial charge in [-0.25, -0.2) is 17.8 Å². The summed E-state index contributed by atoms with van der Waals surface area (Å²) in [6, 6.07) is 11.5. The molecule has 4 rings (SSSR count). The fraction of sp³-hybridized carbons (Fsp3) is 0.370. The van der Waals surface area contributed by atoms with E-state index >= 15 is 0 Å². The summed E-state index contributed by atoms with van der Waals surface area (Å²) in [6.45, 7) is 5.27. The lowest BCUT2D eigenvalue weighted by Crippen LogP contribution is -2.43. The van der Waals surface area contributed by atoms with Crippen LogP contribution in [0.2, 0.25) is 0 Å². The fourth-order valence-electron chi connectivity index (χ4n) is 4.18. The van der Waals surface area contributed by atoms with Gasteiger partial charge in [0, 0.05) is 34.9 Å². The van der Waals surface area contributed by atoms with Gasteiger partial charge in [0.05, 0.1) is 11.3 Å². The van der Waals surface area contributed by atoms with Crippen LogP contribution in [0.1, 0.15) is 41.3 Å². The average Bonchev–Trinajstić information content (AvgIpc) is 2.87. The zero-order valence-corrected chi connectivity index (χ0v) is 22.6. The first kappa shape index (κ1) is 27.5. The molecule has 0 saturated carbocycles. The molecule has 0 bridgehead atoms. The number of nitrogens with zero attached hydrogens (tertiary/aromatic N) is 3. The van der Waals surface area contributed by atoms with Crippen molar-refractivity contribution < 1.29 is 17.6 Å². The highest BCUT2D eigenvalue weighted by atomic mass is 32.2. The number of aromatic nitrogens is 2. The molecule has 1 fully saturated rings. The summed E-state index contributed by atoms with van der Waals surface area (Å²) in [7, 11) is -1.11. The van der Waals surface area contributed by atoms with Gasteiger partial charge in [-0.05, 0) is 75.8 Å². The topological polar surface area (TPSA) is 116 Å². The Balaban J connectivity index is 1.43. The molecule has 202 valence electrons. The molecule has 0 atom stereocenters. The maximum absolute atomic E-state index is 14.8. The number of hydrogen-bond acceptors (Lipinski definition) is 8. The van der Waals surface area contributed by atoms with E-state index in [4.69, 9.17) is 0 Å². The molecular formula is C27H33FN6O3S. The third kappa shape index (κ3) is 7.26. The van der Waals surface area contributed by atoms with Crippen molar-refractivity contribution in [2.45, 2.75) is 38.5 Å². The van der Waals surface area contributed by atoms with Gasteiger partial charge in [0.1, 0.15) is 11.6 Å². The zero-order valence-electron chi connectivity index (χ0n) is 21.8. The Kier molecular flexibility index (Phi) is 8.58. The molecule has 0 radical (unpaired) electrons. The number of piperidine rings is 1. The number of nitrogens with one attached hydrogen (secondary N) is 3. The van der Waals surface area contributed by atoms with Crippen LogP contribution in [0.4, 0.5) is 27.5 Å². The van der Waals surface area contributed by atoms with Crippen molar-refractivity contribution in [2.24, 2.45) is 0 Å². The van der Waals surface area contributed by atoms with Crippen molar-refractivity contribution >= 4 is 38.9 Å². The van der Waals surface area contributed by atoms with Crippen LogP contribution in [0.25, 0.3) is 0 Å². The number of amides is 1. The second-order valence-corrected chi connectivity index (χ2v) is 12.0. The second kappa shape index (κ2) is 11.9. The standard InChI is InChI=1S/C27H33FN6O3S/c1-4-38(36,37)17-19-6-5-7-21(14-19)30-25-18(2)16-29-27(33-25)32-22-8-9-23(24(28)15-22)26(35)31-20-10-12-34(3)13-11-20/h5-9,14-16,20H,4,10-13,17H2,1-3H3,(H,31,35)(H2,29,30,32,33). The molecule has 1 aromatic heterocycles. The SMILES string of the molecule is CCS(=O)(=O)Cc1cccc(Nc2nc(Nc3ccc(C(=O)NC4CCN(C)CC4)c(F)c3)ncc2C)c1. The van der Waals surface area contributed by atoms with E-state index < -0.39 is 21.6 Å². The van der Waals surface area contributed by atoms with Gasteiger partial charge in [-0.3, -0.25) is 4.79 Å². The molecule has 2 heterocycles. The van der Waals surface area contributed by atoms with E-state index in [0.29, 0.717) is 22.8 Å². The number of benzene rings is 2. The molecule has 3 N–H and O–H groups in total. The number of rotatable bonds is 9. The molecule has 0 aliphatic carbocycles. The van der Waals surface area contributed by atoms with E-state index in [0.717, 1.165) is 31.5 Å². The van der Waals surface area contributed by atoms with E-state index in [1.807, 2.05) is 20.0 Å². The molecule has 38 heavy (non-hydrogen) atoms. The molecule has 1 aliphatic rings. The van der Waals surface area contributed by atoms with Crippen LogP contribution in [0.5, 0.6) is 0 Å². The van der Waals surface area contributed by atoms with Gasteiger partial charge in [-0.2, -0.15) is 4.98 Å². The summed E-state index contributed by atoms with van der Waals surface area (Å²) in [5.74, 6) is -0.250. The van der Waals surface area contributed by atoms with E-state index in [2.05, 4.69) is 30.8 Å². The first-order valence-electron chi connectivity index (χ1n) is 12.6. The summed E-state index contributed by atoms with van der Waals surface area (Å²) >= 11 is 0. The highest BCUT2D eigenvalue weighted by molar-refractivity contribution is 7.90. The highest BCUT2D eigenvalue weighted by Gasteiger charge is 2.21. The number of hydrogen-bond donors (Lipinski definition) is 3. The lowest BCUT2D eigenvalue weighted by Gasteiger charge is -2.29. The number of sulfone groups is 1. The van der Waals surface area contributed by atoms with Crippen LogP contribution >= 0.6 is 0 Å². The number of carbonyl (C=O) groups excluding carboxylic acids is 1. The predicted octanol–water partition coefficient (Wildman–Crippen LogP) is 4.17. The number of anilines is 4. The summed E-state index contributed by atoms with van der Waals surface area (Å²) in [5, 5.41) is 9.12. The van der Waals surface area contributed by atoms with Crippen molar-refractivity contribution in [3.63, 3.8) is 0 Å². The maximum atomic E-state index is 14.8. The largest absolute Gasteiger partial charge is 0.349 e. The van der Waals surface area contributed by atoms with Crippen molar-refractivity contribution in [3.8, 4) is 0 Å². The van der Waals surface area contributed by atoms with Gasteiger partial charge in [-0.1, -0.05) is 19.1 Å².